The number of likely N-dealkylation sites (tertiary alicyclic amines) is 1. The van der Waals surface area contributed by atoms with Crippen molar-refractivity contribution in [2.24, 2.45) is 5.92 Å². The Kier molecular flexibility index (Phi) is 6.00. The Morgan fingerprint density at radius 1 is 1.30 bits per heavy atom. The second-order valence-corrected chi connectivity index (χ2v) is 6.78. The fourth-order valence-corrected chi connectivity index (χ4v) is 3.37. The topological polar surface area (TPSA) is 15.3 Å². The highest BCUT2D eigenvalue weighted by atomic mass is 79.9. The molecule has 1 fully saturated rings. The number of nitrogens with one attached hydrogen (secondary N) is 1. The van der Waals surface area contributed by atoms with Crippen LogP contribution in [-0.4, -0.2) is 30.6 Å². The van der Waals surface area contributed by atoms with Gasteiger partial charge in [0.1, 0.15) is 5.82 Å². The molecule has 1 aromatic rings. The second-order valence-electron chi connectivity index (χ2n) is 5.92. The van der Waals surface area contributed by atoms with Gasteiger partial charge in [0, 0.05) is 23.6 Å². The molecule has 112 valence electrons. The first-order valence-corrected chi connectivity index (χ1v) is 8.26. The molecule has 0 bridgehead atoms. The molecule has 0 aliphatic carbocycles. The standard InChI is InChI=1S/C16H24BrFN2/c1-12(2)16(20-7-3-4-8-20)11-19-10-13-5-6-14(18)9-15(13)17/h5-6,9,12,16,19H,3-4,7-8,10-11H2,1-2H3. The van der Waals surface area contributed by atoms with E-state index in [1.54, 1.807) is 0 Å². The highest BCUT2D eigenvalue weighted by Crippen LogP contribution is 2.19. The number of benzene rings is 1. The fraction of sp³-hybridized carbons (Fsp3) is 0.625. The normalized spacial score (nSPS) is 17.9. The molecule has 1 N–H and O–H groups in total. The lowest BCUT2D eigenvalue weighted by molar-refractivity contribution is 0.186. The van der Waals surface area contributed by atoms with Crippen LogP contribution >= 0.6 is 15.9 Å². The van der Waals surface area contributed by atoms with Crippen LogP contribution in [0.15, 0.2) is 22.7 Å². The van der Waals surface area contributed by atoms with Crippen LogP contribution in [-0.2, 0) is 6.54 Å². The van der Waals surface area contributed by atoms with Crippen LogP contribution in [0.4, 0.5) is 4.39 Å². The van der Waals surface area contributed by atoms with Gasteiger partial charge in [-0.05, 0) is 49.5 Å². The predicted molar refractivity (Wildman–Crippen MR) is 85.2 cm³/mol. The van der Waals surface area contributed by atoms with Crippen molar-refractivity contribution in [2.75, 3.05) is 19.6 Å². The Morgan fingerprint density at radius 2 is 2.00 bits per heavy atom. The Labute approximate surface area is 129 Å². The molecule has 0 radical (unpaired) electrons. The lowest BCUT2D eigenvalue weighted by Gasteiger charge is -2.31. The summed E-state index contributed by atoms with van der Waals surface area (Å²) >= 11 is 3.42. The smallest absolute Gasteiger partial charge is 0.124 e. The molecule has 0 aromatic heterocycles. The summed E-state index contributed by atoms with van der Waals surface area (Å²) in [5.74, 6) is 0.454. The highest BCUT2D eigenvalue weighted by Gasteiger charge is 2.23. The summed E-state index contributed by atoms with van der Waals surface area (Å²) in [6.07, 6.45) is 2.65. The van der Waals surface area contributed by atoms with E-state index < -0.39 is 0 Å². The summed E-state index contributed by atoms with van der Waals surface area (Å²) in [4.78, 5) is 2.59. The molecule has 20 heavy (non-hydrogen) atoms. The molecule has 1 atom stereocenters. The lowest BCUT2D eigenvalue weighted by atomic mass is 10.0. The maximum absolute atomic E-state index is 13.1. The van der Waals surface area contributed by atoms with Crippen molar-refractivity contribution in [1.29, 1.82) is 0 Å². The molecule has 1 unspecified atom stereocenters. The van der Waals surface area contributed by atoms with Gasteiger partial charge in [0.25, 0.3) is 0 Å². The molecule has 4 heteroatoms. The van der Waals surface area contributed by atoms with Gasteiger partial charge in [-0.2, -0.15) is 0 Å². The zero-order chi connectivity index (χ0) is 14.5. The summed E-state index contributed by atoms with van der Waals surface area (Å²) in [5, 5.41) is 3.53. The first-order chi connectivity index (χ1) is 9.58. The quantitative estimate of drug-likeness (QED) is 0.845. The zero-order valence-electron chi connectivity index (χ0n) is 12.3. The zero-order valence-corrected chi connectivity index (χ0v) is 13.9. The Bertz CT molecular complexity index is 430. The van der Waals surface area contributed by atoms with Gasteiger partial charge >= 0.3 is 0 Å². The fourth-order valence-electron chi connectivity index (χ4n) is 2.88. The molecule has 0 saturated carbocycles. The van der Waals surface area contributed by atoms with E-state index in [1.807, 2.05) is 6.07 Å². The molecule has 0 amide bonds. The molecule has 1 aliphatic rings. The lowest BCUT2D eigenvalue weighted by Crippen LogP contribution is -2.44. The third-order valence-corrected chi connectivity index (χ3v) is 4.80. The van der Waals surface area contributed by atoms with Crippen molar-refractivity contribution in [3.05, 3.63) is 34.1 Å². The Balaban J connectivity index is 1.86. The van der Waals surface area contributed by atoms with E-state index in [0.717, 1.165) is 23.1 Å². The molecular formula is C16H24BrFN2. The summed E-state index contributed by atoms with van der Waals surface area (Å²) in [7, 11) is 0. The van der Waals surface area contributed by atoms with Crippen LogP contribution in [0, 0.1) is 11.7 Å². The number of hydrogen-bond acceptors (Lipinski definition) is 2. The van der Waals surface area contributed by atoms with Gasteiger partial charge in [-0.3, -0.25) is 4.90 Å². The molecule has 1 saturated heterocycles. The molecule has 1 aromatic carbocycles. The minimum absolute atomic E-state index is 0.197. The van der Waals surface area contributed by atoms with Crippen molar-refractivity contribution in [3.8, 4) is 0 Å². The second kappa shape index (κ2) is 7.53. The van der Waals surface area contributed by atoms with Gasteiger partial charge in [-0.15, -0.1) is 0 Å². The SMILES string of the molecule is CC(C)C(CNCc1ccc(F)cc1Br)N1CCCC1. The third kappa shape index (κ3) is 4.27. The van der Waals surface area contributed by atoms with E-state index >= 15 is 0 Å². The van der Waals surface area contributed by atoms with E-state index in [-0.39, 0.29) is 5.82 Å². The Hall–Kier alpha value is -0.450. The number of halogens is 2. The first-order valence-electron chi connectivity index (χ1n) is 7.46. The molecule has 2 rings (SSSR count). The summed E-state index contributed by atoms with van der Waals surface area (Å²) in [5.41, 5.74) is 1.11. The van der Waals surface area contributed by atoms with E-state index in [9.17, 15) is 4.39 Å². The minimum Gasteiger partial charge on any atom is -0.311 e. The molecule has 0 spiro atoms. The van der Waals surface area contributed by atoms with Crippen LogP contribution in [0.5, 0.6) is 0 Å². The Morgan fingerprint density at radius 3 is 2.60 bits per heavy atom. The number of hydrogen-bond donors (Lipinski definition) is 1. The first kappa shape index (κ1) is 15.9. The van der Waals surface area contributed by atoms with Crippen molar-refractivity contribution >= 4 is 15.9 Å². The maximum Gasteiger partial charge on any atom is 0.124 e. The summed E-state index contributed by atoms with van der Waals surface area (Å²) in [6, 6.07) is 5.48. The van der Waals surface area contributed by atoms with Gasteiger partial charge in [0.15, 0.2) is 0 Å². The van der Waals surface area contributed by atoms with Crippen molar-refractivity contribution in [2.45, 2.75) is 39.3 Å². The van der Waals surface area contributed by atoms with Gasteiger partial charge in [0.05, 0.1) is 0 Å². The average Bonchev–Trinajstić information content (AvgIpc) is 2.90. The van der Waals surface area contributed by atoms with Crippen LogP contribution in [0.1, 0.15) is 32.3 Å². The molecule has 1 aliphatic heterocycles. The van der Waals surface area contributed by atoms with E-state index in [1.165, 1.54) is 38.1 Å². The number of nitrogens with zero attached hydrogens (tertiary/aromatic N) is 1. The molecule has 2 nitrogen and oxygen atoms in total. The van der Waals surface area contributed by atoms with Crippen molar-refractivity contribution in [3.63, 3.8) is 0 Å². The van der Waals surface area contributed by atoms with Gasteiger partial charge in [0.2, 0.25) is 0 Å². The van der Waals surface area contributed by atoms with E-state index in [0.29, 0.717) is 12.0 Å². The third-order valence-electron chi connectivity index (χ3n) is 4.06. The van der Waals surface area contributed by atoms with Crippen LogP contribution in [0.2, 0.25) is 0 Å². The van der Waals surface area contributed by atoms with Crippen LogP contribution in [0.25, 0.3) is 0 Å². The maximum atomic E-state index is 13.1. The van der Waals surface area contributed by atoms with Gasteiger partial charge in [-0.1, -0.05) is 35.8 Å². The van der Waals surface area contributed by atoms with Crippen molar-refractivity contribution < 1.29 is 4.39 Å². The van der Waals surface area contributed by atoms with Crippen LogP contribution in [0.3, 0.4) is 0 Å². The molecule has 1 heterocycles. The van der Waals surface area contributed by atoms with Crippen LogP contribution < -0.4 is 5.32 Å². The molecular weight excluding hydrogens is 319 g/mol. The predicted octanol–water partition coefficient (Wildman–Crippen LogP) is 3.80. The monoisotopic (exact) mass is 342 g/mol. The van der Waals surface area contributed by atoms with E-state index in [2.05, 4.69) is 40.0 Å². The summed E-state index contributed by atoms with van der Waals surface area (Å²) < 4.78 is 13.9. The minimum atomic E-state index is -0.197. The van der Waals surface area contributed by atoms with Crippen molar-refractivity contribution in [1.82, 2.24) is 10.2 Å². The van der Waals surface area contributed by atoms with Gasteiger partial charge < -0.3 is 5.32 Å². The average molecular weight is 343 g/mol. The largest absolute Gasteiger partial charge is 0.311 e. The van der Waals surface area contributed by atoms with Gasteiger partial charge in [-0.25, -0.2) is 4.39 Å². The number of rotatable bonds is 6. The summed E-state index contributed by atoms with van der Waals surface area (Å²) in [6.45, 7) is 8.80. The van der Waals surface area contributed by atoms with E-state index in [4.69, 9.17) is 0 Å². The highest BCUT2D eigenvalue weighted by molar-refractivity contribution is 9.10.